The van der Waals surface area contributed by atoms with Crippen LogP contribution < -0.4 is 16.4 Å². The summed E-state index contributed by atoms with van der Waals surface area (Å²) in [7, 11) is 0. The van der Waals surface area contributed by atoms with E-state index in [9.17, 15) is 9.59 Å². The summed E-state index contributed by atoms with van der Waals surface area (Å²) in [6, 6.07) is 15.9. The van der Waals surface area contributed by atoms with Gasteiger partial charge in [0.05, 0.1) is 6.54 Å². The molecule has 0 aliphatic rings. The van der Waals surface area contributed by atoms with Gasteiger partial charge in [-0.05, 0) is 29.8 Å². The Morgan fingerprint density at radius 2 is 1.65 bits per heavy atom. The Bertz CT molecular complexity index is 728. The predicted molar refractivity (Wildman–Crippen MR) is 88.5 cm³/mol. The van der Waals surface area contributed by atoms with E-state index in [1.54, 1.807) is 24.3 Å². The van der Waals surface area contributed by atoms with Crippen molar-refractivity contribution in [3.05, 3.63) is 71.3 Å². The summed E-state index contributed by atoms with van der Waals surface area (Å²) in [5.74, 6) is 5.68. The lowest BCUT2D eigenvalue weighted by Crippen LogP contribution is -2.28. The van der Waals surface area contributed by atoms with Gasteiger partial charge in [0.15, 0.2) is 0 Å². The number of urea groups is 1. The van der Waals surface area contributed by atoms with E-state index in [1.165, 1.54) is 0 Å². The van der Waals surface area contributed by atoms with Crippen molar-refractivity contribution in [2.45, 2.75) is 6.54 Å². The number of carbonyl (C=O) groups is 2. The second-order valence-corrected chi connectivity index (χ2v) is 4.77. The maximum Gasteiger partial charge on any atom is 0.312 e. The predicted octanol–water partition coefficient (Wildman–Crippen LogP) is 1.64. The second-order valence-electron chi connectivity index (χ2n) is 4.77. The van der Waals surface area contributed by atoms with Gasteiger partial charge in [-0.2, -0.15) is 0 Å². The molecule has 0 aromatic heterocycles. The van der Waals surface area contributed by atoms with E-state index in [2.05, 4.69) is 22.5 Å². The monoisotopic (exact) mass is 307 g/mol. The minimum atomic E-state index is -0.580. The zero-order chi connectivity index (χ0) is 16.5. The van der Waals surface area contributed by atoms with Crippen LogP contribution in [-0.2, 0) is 6.54 Å². The average molecular weight is 307 g/mol. The molecule has 0 atom stereocenters. The molecule has 0 fully saturated rings. The number of rotatable bonds is 4. The van der Waals surface area contributed by atoms with Crippen molar-refractivity contribution in [1.29, 1.82) is 0 Å². The molecule has 2 aromatic carbocycles. The third kappa shape index (κ3) is 5.56. The average Bonchev–Trinajstić information content (AvgIpc) is 2.58. The molecule has 0 heterocycles. The largest absolute Gasteiger partial charge is 0.352 e. The topological polar surface area (TPSA) is 84.2 Å². The van der Waals surface area contributed by atoms with E-state index in [1.807, 2.05) is 30.3 Å². The summed E-state index contributed by atoms with van der Waals surface area (Å²) < 4.78 is 0. The van der Waals surface area contributed by atoms with Crippen LogP contribution in [0.2, 0.25) is 0 Å². The van der Waals surface area contributed by atoms with E-state index in [-0.39, 0.29) is 12.5 Å². The Kier molecular flexibility index (Phi) is 5.78. The molecule has 116 valence electrons. The number of benzene rings is 2. The molecule has 2 aromatic rings. The lowest BCUT2D eigenvalue weighted by atomic mass is 10.1. The Labute approximate surface area is 134 Å². The smallest absolute Gasteiger partial charge is 0.312 e. The van der Waals surface area contributed by atoms with E-state index in [4.69, 9.17) is 5.73 Å². The SMILES string of the molecule is NC(=O)NCc1ccc(C(=O)NCC#Cc2ccccc2)cc1. The number of nitrogens with one attached hydrogen (secondary N) is 2. The summed E-state index contributed by atoms with van der Waals surface area (Å²) in [6.45, 7) is 0.610. The quantitative estimate of drug-likeness (QED) is 0.750. The fraction of sp³-hybridized carbons (Fsp3) is 0.111. The van der Waals surface area contributed by atoms with Crippen LogP contribution in [0.1, 0.15) is 21.5 Å². The number of hydrogen-bond donors (Lipinski definition) is 3. The minimum Gasteiger partial charge on any atom is -0.352 e. The summed E-state index contributed by atoms with van der Waals surface area (Å²) in [5, 5.41) is 5.22. The first-order valence-corrected chi connectivity index (χ1v) is 7.09. The molecule has 2 rings (SSSR count). The van der Waals surface area contributed by atoms with Gasteiger partial charge >= 0.3 is 6.03 Å². The zero-order valence-electron chi connectivity index (χ0n) is 12.5. The molecule has 5 nitrogen and oxygen atoms in total. The Morgan fingerprint density at radius 3 is 2.30 bits per heavy atom. The van der Waals surface area contributed by atoms with Gasteiger partial charge in [0.2, 0.25) is 0 Å². The van der Waals surface area contributed by atoms with Crippen molar-refractivity contribution in [1.82, 2.24) is 10.6 Å². The van der Waals surface area contributed by atoms with Gasteiger partial charge < -0.3 is 16.4 Å². The van der Waals surface area contributed by atoms with E-state index in [0.29, 0.717) is 12.1 Å². The van der Waals surface area contributed by atoms with E-state index < -0.39 is 6.03 Å². The highest BCUT2D eigenvalue weighted by Crippen LogP contribution is 2.04. The molecule has 0 saturated heterocycles. The molecular formula is C18H17N3O2. The molecule has 0 aliphatic heterocycles. The zero-order valence-corrected chi connectivity index (χ0v) is 12.5. The van der Waals surface area contributed by atoms with Crippen LogP contribution in [0, 0.1) is 11.8 Å². The van der Waals surface area contributed by atoms with Crippen LogP contribution in [-0.4, -0.2) is 18.5 Å². The van der Waals surface area contributed by atoms with E-state index in [0.717, 1.165) is 11.1 Å². The number of carbonyl (C=O) groups excluding carboxylic acids is 2. The van der Waals surface area contributed by atoms with Gasteiger partial charge in [-0.25, -0.2) is 4.79 Å². The fourth-order valence-corrected chi connectivity index (χ4v) is 1.86. The van der Waals surface area contributed by atoms with Gasteiger partial charge in [-0.3, -0.25) is 4.79 Å². The van der Waals surface area contributed by atoms with Crippen LogP contribution in [0.3, 0.4) is 0 Å². The standard InChI is InChI=1S/C18H17N3O2/c19-18(23)21-13-15-8-10-16(11-9-15)17(22)20-12-4-7-14-5-2-1-3-6-14/h1-3,5-6,8-11H,12-13H2,(H,20,22)(H3,19,21,23). The highest BCUT2D eigenvalue weighted by molar-refractivity contribution is 5.94. The van der Waals surface area contributed by atoms with Gasteiger partial charge in [0.25, 0.3) is 5.91 Å². The van der Waals surface area contributed by atoms with E-state index >= 15 is 0 Å². The van der Waals surface area contributed by atoms with Crippen LogP contribution in [0.15, 0.2) is 54.6 Å². The Balaban J connectivity index is 1.84. The normalized spacial score (nSPS) is 9.39. The summed E-state index contributed by atoms with van der Waals surface area (Å²) >= 11 is 0. The number of primary amides is 1. The molecule has 0 saturated carbocycles. The van der Waals surface area contributed by atoms with Crippen molar-refractivity contribution >= 4 is 11.9 Å². The van der Waals surface area contributed by atoms with Gasteiger partial charge in [-0.1, -0.05) is 42.2 Å². The molecule has 4 N–H and O–H groups in total. The van der Waals surface area contributed by atoms with Gasteiger partial charge in [-0.15, -0.1) is 0 Å². The molecule has 0 radical (unpaired) electrons. The first-order chi connectivity index (χ1) is 11.1. The van der Waals surface area contributed by atoms with Crippen molar-refractivity contribution in [3.63, 3.8) is 0 Å². The third-order valence-electron chi connectivity index (χ3n) is 3.03. The minimum absolute atomic E-state index is 0.193. The Morgan fingerprint density at radius 1 is 0.957 bits per heavy atom. The second kappa shape index (κ2) is 8.25. The van der Waals surface area contributed by atoms with Crippen LogP contribution in [0.25, 0.3) is 0 Å². The molecule has 23 heavy (non-hydrogen) atoms. The number of nitrogens with two attached hydrogens (primary N) is 1. The molecule has 0 bridgehead atoms. The van der Waals surface area contributed by atoms with Gasteiger partial charge in [0, 0.05) is 17.7 Å². The maximum atomic E-state index is 12.0. The molecule has 5 heteroatoms. The third-order valence-corrected chi connectivity index (χ3v) is 3.03. The summed E-state index contributed by atoms with van der Waals surface area (Å²) in [5.41, 5.74) is 7.31. The molecule has 0 unspecified atom stereocenters. The molecular weight excluding hydrogens is 290 g/mol. The van der Waals surface area contributed by atoms with Crippen LogP contribution in [0.4, 0.5) is 4.79 Å². The van der Waals surface area contributed by atoms with Crippen molar-refractivity contribution in [2.75, 3.05) is 6.54 Å². The number of amides is 3. The first-order valence-electron chi connectivity index (χ1n) is 7.09. The lowest BCUT2D eigenvalue weighted by Gasteiger charge is -2.04. The number of hydrogen-bond acceptors (Lipinski definition) is 2. The van der Waals surface area contributed by atoms with Gasteiger partial charge in [0.1, 0.15) is 0 Å². The molecule has 0 aliphatic carbocycles. The van der Waals surface area contributed by atoms with Crippen LogP contribution >= 0.6 is 0 Å². The lowest BCUT2D eigenvalue weighted by molar-refractivity contribution is 0.0958. The maximum absolute atomic E-state index is 12.0. The first kappa shape index (κ1) is 16.1. The molecule has 0 spiro atoms. The highest BCUT2D eigenvalue weighted by atomic mass is 16.2. The fourth-order valence-electron chi connectivity index (χ4n) is 1.86. The van der Waals surface area contributed by atoms with Crippen molar-refractivity contribution in [2.24, 2.45) is 5.73 Å². The van der Waals surface area contributed by atoms with Crippen LogP contribution in [0.5, 0.6) is 0 Å². The highest BCUT2D eigenvalue weighted by Gasteiger charge is 2.04. The van der Waals surface area contributed by atoms with Crippen molar-refractivity contribution in [3.8, 4) is 11.8 Å². The summed E-state index contributed by atoms with van der Waals surface area (Å²) in [6.07, 6.45) is 0. The molecule has 3 amide bonds. The summed E-state index contributed by atoms with van der Waals surface area (Å²) in [4.78, 5) is 22.6. The Hall–Kier alpha value is -3.26. The van der Waals surface area contributed by atoms with Crippen molar-refractivity contribution < 1.29 is 9.59 Å².